The number of alkyl halides is 3. The first-order valence-corrected chi connectivity index (χ1v) is 7.84. The van der Waals surface area contributed by atoms with Crippen molar-refractivity contribution in [3.63, 3.8) is 0 Å². The van der Waals surface area contributed by atoms with Gasteiger partial charge in [-0.2, -0.15) is 18.3 Å². The van der Waals surface area contributed by atoms with E-state index in [4.69, 9.17) is 4.74 Å². The lowest BCUT2D eigenvalue weighted by atomic mass is 10.1. The molecule has 1 N–H and O–H groups in total. The molecular weight excluding hydrogens is 382 g/mol. The third kappa shape index (κ3) is 3.40. The fraction of sp³-hybridized carbons (Fsp3) is 0.167. The lowest BCUT2D eigenvalue weighted by Gasteiger charge is -2.13. The second kappa shape index (κ2) is 6.95. The van der Waals surface area contributed by atoms with Crippen molar-refractivity contribution in [3.8, 4) is 22.8 Å². The Morgan fingerprint density at radius 2 is 1.93 bits per heavy atom. The fourth-order valence-electron chi connectivity index (χ4n) is 2.73. The second-order valence-electron chi connectivity index (χ2n) is 5.79. The number of carboxylic acid groups (broad SMARTS) is 1. The van der Waals surface area contributed by atoms with Gasteiger partial charge in [0.2, 0.25) is 5.88 Å². The Hall–Kier alpha value is -3.43. The molecule has 2 aromatic heterocycles. The van der Waals surface area contributed by atoms with E-state index in [0.29, 0.717) is 23.6 Å². The Balaban J connectivity index is 2.26. The van der Waals surface area contributed by atoms with E-state index in [1.165, 1.54) is 26.3 Å². The number of aromatic nitrogens is 3. The molecule has 0 unspecified atom stereocenters. The van der Waals surface area contributed by atoms with Crippen LogP contribution >= 0.6 is 0 Å². The van der Waals surface area contributed by atoms with Crippen LogP contribution < -0.4 is 4.74 Å². The third-order valence-electron chi connectivity index (χ3n) is 4.04. The number of benzene rings is 1. The van der Waals surface area contributed by atoms with Crippen molar-refractivity contribution in [2.45, 2.75) is 13.1 Å². The van der Waals surface area contributed by atoms with Crippen molar-refractivity contribution in [1.29, 1.82) is 0 Å². The Morgan fingerprint density at radius 1 is 1.21 bits per heavy atom. The molecule has 0 aliphatic carbocycles. The molecule has 6 nitrogen and oxygen atoms in total. The van der Waals surface area contributed by atoms with Crippen molar-refractivity contribution in [2.24, 2.45) is 0 Å². The number of methoxy groups -OCH3 is 1. The van der Waals surface area contributed by atoms with Crippen LogP contribution in [-0.4, -0.2) is 33.0 Å². The van der Waals surface area contributed by atoms with Gasteiger partial charge in [0.25, 0.3) is 0 Å². The van der Waals surface area contributed by atoms with Crippen molar-refractivity contribution < 1.29 is 32.2 Å². The van der Waals surface area contributed by atoms with E-state index in [2.05, 4.69) is 10.1 Å². The van der Waals surface area contributed by atoms with Crippen LogP contribution in [0, 0.1) is 12.7 Å². The van der Waals surface area contributed by atoms with Crippen LogP contribution in [0.2, 0.25) is 0 Å². The highest BCUT2D eigenvalue weighted by atomic mass is 19.4. The first kappa shape index (κ1) is 19.3. The summed E-state index contributed by atoms with van der Waals surface area (Å²) >= 11 is 0. The largest absolute Gasteiger partial charge is 0.481 e. The summed E-state index contributed by atoms with van der Waals surface area (Å²) in [6.07, 6.45) is -3.54. The second-order valence-corrected chi connectivity index (χ2v) is 5.79. The molecule has 0 atom stereocenters. The van der Waals surface area contributed by atoms with E-state index in [0.717, 1.165) is 10.7 Å². The number of halogens is 4. The molecule has 0 aliphatic rings. The molecule has 146 valence electrons. The van der Waals surface area contributed by atoms with Gasteiger partial charge in [-0.25, -0.2) is 18.9 Å². The summed E-state index contributed by atoms with van der Waals surface area (Å²) in [5.41, 5.74) is -1.13. The van der Waals surface area contributed by atoms with Gasteiger partial charge in [0, 0.05) is 23.4 Å². The van der Waals surface area contributed by atoms with Crippen LogP contribution in [0.3, 0.4) is 0 Å². The van der Waals surface area contributed by atoms with Gasteiger partial charge in [-0.3, -0.25) is 0 Å². The number of rotatable bonds is 4. The number of ether oxygens (including phenoxy) is 1. The number of nitrogens with zero attached hydrogens (tertiary/aromatic N) is 3. The average molecular weight is 395 g/mol. The van der Waals surface area contributed by atoms with Gasteiger partial charge < -0.3 is 9.84 Å². The van der Waals surface area contributed by atoms with Gasteiger partial charge in [0.05, 0.1) is 24.1 Å². The molecule has 10 heteroatoms. The maximum absolute atomic E-state index is 13.6. The summed E-state index contributed by atoms with van der Waals surface area (Å²) < 4.78 is 58.9. The molecule has 3 rings (SSSR count). The van der Waals surface area contributed by atoms with Crippen LogP contribution in [0.4, 0.5) is 17.6 Å². The molecule has 1 aromatic carbocycles. The number of aromatic carboxylic acids is 1. The van der Waals surface area contributed by atoms with Gasteiger partial charge in [-0.1, -0.05) is 0 Å². The summed E-state index contributed by atoms with van der Waals surface area (Å²) in [5, 5.41) is 13.3. The lowest BCUT2D eigenvalue weighted by molar-refractivity contribution is -0.140. The molecule has 0 radical (unpaired) electrons. The standard InChI is InChI=1S/C18H13F4N3O3/c1-9-15(17(26)27)24-25(16(9)10-3-6-14(28-2)23-8-10)11-4-5-13(19)12(7-11)18(20,21)22/h3-8H,1-2H3,(H,26,27). The predicted octanol–water partition coefficient (Wildman–Crippen LogP) is 4.11. The molecule has 0 bridgehead atoms. The van der Waals surface area contributed by atoms with Gasteiger partial charge >= 0.3 is 12.1 Å². The van der Waals surface area contributed by atoms with Crippen LogP contribution in [0.15, 0.2) is 36.5 Å². The fourth-order valence-corrected chi connectivity index (χ4v) is 2.73. The molecule has 28 heavy (non-hydrogen) atoms. The zero-order chi connectivity index (χ0) is 20.6. The molecular formula is C18H13F4N3O3. The number of hydrogen-bond donors (Lipinski definition) is 1. The highest BCUT2D eigenvalue weighted by molar-refractivity contribution is 5.90. The first-order chi connectivity index (χ1) is 13.1. The van der Waals surface area contributed by atoms with E-state index < -0.39 is 23.5 Å². The van der Waals surface area contributed by atoms with Gasteiger partial charge in [0.15, 0.2) is 5.69 Å². The Bertz CT molecular complexity index is 1040. The van der Waals surface area contributed by atoms with Crippen molar-refractivity contribution in [3.05, 3.63) is 59.2 Å². The SMILES string of the molecule is COc1ccc(-c2c(C)c(C(=O)O)nn2-c2ccc(F)c(C(F)(F)F)c2)cn1. The normalized spacial score (nSPS) is 11.5. The number of carboxylic acids is 1. The van der Waals surface area contributed by atoms with Gasteiger partial charge in [-0.15, -0.1) is 0 Å². The van der Waals surface area contributed by atoms with Crippen LogP contribution in [0.1, 0.15) is 21.6 Å². The summed E-state index contributed by atoms with van der Waals surface area (Å²) in [4.78, 5) is 15.5. The molecule has 0 spiro atoms. The number of pyridine rings is 1. The quantitative estimate of drug-likeness (QED) is 0.673. The van der Waals surface area contributed by atoms with E-state index in [-0.39, 0.29) is 22.6 Å². The van der Waals surface area contributed by atoms with Crippen molar-refractivity contribution in [2.75, 3.05) is 7.11 Å². The highest BCUT2D eigenvalue weighted by Crippen LogP contribution is 2.35. The first-order valence-electron chi connectivity index (χ1n) is 7.84. The summed E-state index contributed by atoms with van der Waals surface area (Å²) in [6.45, 7) is 1.47. The van der Waals surface area contributed by atoms with E-state index in [9.17, 15) is 27.5 Å². The molecule has 2 heterocycles. The Kier molecular flexibility index (Phi) is 4.80. The van der Waals surface area contributed by atoms with Crippen LogP contribution in [0.5, 0.6) is 5.88 Å². The molecule has 0 aliphatic heterocycles. The average Bonchev–Trinajstić information content (AvgIpc) is 2.98. The van der Waals surface area contributed by atoms with Crippen LogP contribution in [-0.2, 0) is 6.18 Å². The topological polar surface area (TPSA) is 77.2 Å². The van der Waals surface area contributed by atoms with Gasteiger partial charge in [-0.05, 0) is 31.2 Å². The van der Waals surface area contributed by atoms with E-state index in [1.54, 1.807) is 6.07 Å². The summed E-state index contributed by atoms with van der Waals surface area (Å²) in [7, 11) is 1.41. The minimum atomic E-state index is -4.92. The predicted molar refractivity (Wildman–Crippen MR) is 90.0 cm³/mol. The maximum atomic E-state index is 13.6. The van der Waals surface area contributed by atoms with Crippen molar-refractivity contribution in [1.82, 2.24) is 14.8 Å². The zero-order valence-electron chi connectivity index (χ0n) is 14.6. The maximum Gasteiger partial charge on any atom is 0.419 e. The Morgan fingerprint density at radius 3 is 2.46 bits per heavy atom. The zero-order valence-corrected chi connectivity index (χ0v) is 14.6. The molecule has 0 saturated heterocycles. The monoisotopic (exact) mass is 395 g/mol. The van der Waals surface area contributed by atoms with E-state index >= 15 is 0 Å². The minimum absolute atomic E-state index is 0.143. The molecule has 0 amide bonds. The molecule has 3 aromatic rings. The smallest absolute Gasteiger partial charge is 0.419 e. The Labute approximate surface area is 156 Å². The minimum Gasteiger partial charge on any atom is -0.481 e. The number of carbonyl (C=O) groups is 1. The summed E-state index contributed by atoms with van der Waals surface area (Å²) in [5.74, 6) is -2.49. The highest BCUT2D eigenvalue weighted by Gasteiger charge is 2.35. The molecule has 0 fully saturated rings. The van der Waals surface area contributed by atoms with Crippen molar-refractivity contribution >= 4 is 5.97 Å². The molecule has 0 saturated carbocycles. The lowest BCUT2D eigenvalue weighted by Crippen LogP contribution is -2.10. The van der Waals surface area contributed by atoms with Gasteiger partial charge in [0.1, 0.15) is 5.82 Å². The third-order valence-corrected chi connectivity index (χ3v) is 4.04. The summed E-state index contributed by atoms with van der Waals surface area (Å²) in [6, 6.07) is 5.40. The number of hydrogen-bond acceptors (Lipinski definition) is 4. The van der Waals surface area contributed by atoms with E-state index in [1.807, 2.05) is 0 Å². The van der Waals surface area contributed by atoms with Crippen LogP contribution in [0.25, 0.3) is 16.9 Å².